The lowest BCUT2D eigenvalue weighted by atomic mass is 10.1. The summed E-state index contributed by atoms with van der Waals surface area (Å²) in [4.78, 5) is 4.95. The smallest absolute Gasteiger partial charge is 0.241 e. The number of hydrogen-bond acceptors (Lipinski definition) is 6. The summed E-state index contributed by atoms with van der Waals surface area (Å²) >= 11 is 7.40. The van der Waals surface area contributed by atoms with Gasteiger partial charge in [-0.05, 0) is 35.4 Å². The Labute approximate surface area is 222 Å². The van der Waals surface area contributed by atoms with Crippen molar-refractivity contribution >= 4 is 33.0 Å². The number of fused-ring (bicyclic) bond motifs is 3. The molecule has 184 valence electrons. The monoisotopic (exact) mass is 546 g/mol. The lowest BCUT2D eigenvalue weighted by Gasteiger charge is -2.05. The van der Waals surface area contributed by atoms with Crippen molar-refractivity contribution in [1.29, 1.82) is 0 Å². The fourth-order valence-electron chi connectivity index (χ4n) is 4.33. The van der Waals surface area contributed by atoms with Crippen molar-refractivity contribution in [3.05, 3.63) is 93.2 Å². The second-order valence-electron chi connectivity index (χ2n) is 8.47. The van der Waals surface area contributed by atoms with Crippen LogP contribution in [0.1, 0.15) is 21.6 Å². The van der Waals surface area contributed by atoms with E-state index in [4.69, 9.17) is 11.6 Å². The van der Waals surface area contributed by atoms with Gasteiger partial charge in [0.15, 0.2) is 0 Å². The first kappa shape index (κ1) is 23.6. The first-order chi connectivity index (χ1) is 18.0. The van der Waals surface area contributed by atoms with Crippen LogP contribution in [0.15, 0.2) is 71.5 Å². The minimum Gasteiger partial charge on any atom is -0.277 e. The lowest BCUT2D eigenvalue weighted by Crippen LogP contribution is -2.23. The fourth-order valence-corrected chi connectivity index (χ4v) is 6.32. The van der Waals surface area contributed by atoms with Gasteiger partial charge in [0.25, 0.3) is 0 Å². The van der Waals surface area contributed by atoms with Crippen molar-refractivity contribution in [2.24, 2.45) is 0 Å². The summed E-state index contributed by atoms with van der Waals surface area (Å²) in [6.07, 6.45) is 4.04. The third-order valence-electron chi connectivity index (χ3n) is 6.03. The van der Waals surface area contributed by atoms with Crippen molar-refractivity contribution in [2.75, 3.05) is 6.54 Å². The van der Waals surface area contributed by atoms with E-state index >= 15 is 0 Å². The van der Waals surface area contributed by atoms with E-state index < -0.39 is 10.0 Å². The minimum absolute atomic E-state index is 0.00782. The highest BCUT2D eigenvalue weighted by Crippen LogP contribution is 2.41. The van der Waals surface area contributed by atoms with Crippen LogP contribution in [-0.4, -0.2) is 39.9 Å². The molecule has 0 saturated carbocycles. The van der Waals surface area contributed by atoms with Crippen LogP contribution >= 0.6 is 22.9 Å². The molecule has 2 aromatic carbocycles. The first-order valence-corrected chi connectivity index (χ1v) is 14.1. The summed E-state index contributed by atoms with van der Waals surface area (Å²) in [5.41, 5.74) is 7.70. The van der Waals surface area contributed by atoms with Crippen LogP contribution in [0.4, 0.5) is 0 Å². The second kappa shape index (κ2) is 9.61. The number of thiophene rings is 1. The summed E-state index contributed by atoms with van der Waals surface area (Å²) in [5.74, 6) is 5.93. The largest absolute Gasteiger partial charge is 0.277 e. The average molecular weight is 547 g/mol. The summed E-state index contributed by atoms with van der Waals surface area (Å²) in [6, 6.07) is 14.5. The van der Waals surface area contributed by atoms with E-state index in [2.05, 4.69) is 55.0 Å². The molecule has 0 spiro atoms. The first-order valence-electron chi connectivity index (χ1n) is 11.3. The molecule has 1 aliphatic rings. The number of rotatable bonds is 6. The highest BCUT2D eigenvalue weighted by molar-refractivity contribution is 7.89. The maximum absolute atomic E-state index is 12.4. The van der Waals surface area contributed by atoms with Crippen LogP contribution in [0, 0.1) is 11.8 Å². The molecule has 11 heteroatoms. The van der Waals surface area contributed by atoms with Crippen LogP contribution in [0.25, 0.3) is 22.5 Å². The Bertz CT molecular complexity index is 1780. The number of benzene rings is 2. The Morgan fingerprint density at radius 3 is 2.95 bits per heavy atom. The molecule has 0 aliphatic heterocycles. The standard InChI is InChI=1S/C26H19ClN6O2S2/c27-20-3-1-5-22(12-20)37(34,35)30-8-2-4-21-10-19(14-36-21)25-24-11-18-9-17(13-33-16-28-15-29-33)6-7-23(18)26(24)32-31-25/h1,3,5-7,9-10,12,14-16,30H,8,11,13H2,(H,31,32). The number of nitrogens with zero attached hydrogens (tertiary/aromatic N) is 4. The van der Waals surface area contributed by atoms with Crippen LogP contribution in [0.2, 0.25) is 5.02 Å². The topological polar surface area (TPSA) is 106 Å². The van der Waals surface area contributed by atoms with Gasteiger partial charge in [-0.2, -0.15) is 14.9 Å². The number of H-pyrrole nitrogens is 1. The van der Waals surface area contributed by atoms with E-state index in [-0.39, 0.29) is 11.4 Å². The van der Waals surface area contributed by atoms with Gasteiger partial charge < -0.3 is 0 Å². The molecule has 3 aromatic heterocycles. The number of hydrogen-bond donors (Lipinski definition) is 2. The Hall–Kier alpha value is -3.75. The van der Waals surface area contributed by atoms with Gasteiger partial charge in [-0.25, -0.2) is 18.1 Å². The zero-order valence-electron chi connectivity index (χ0n) is 19.3. The van der Waals surface area contributed by atoms with Crippen molar-refractivity contribution in [2.45, 2.75) is 17.9 Å². The summed E-state index contributed by atoms with van der Waals surface area (Å²) in [7, 11) is -3.67. The van der Waals surface area contributed by atoms with Crippen LogP contribution in [-0.2, 0) is 23.0 Å². The van der Waals surface area contributed by atoms with Crippen molar-refractivity contribution in [3.8, 4) is 34.4 Å². The third-order valence-corrected chi connectivity index (χ3v) is 8.51. The Morgan fingerprint density at radius 1 is 1.19 bits per heavy atom. The number of halogens is 1. The van der Waals surface area contributed by atoms with E-state index in [1.54, 1.807) is 23.1 Å². The van der Waals surface area contributed by atoms with Crippen LogP contribution < -0.4 is 4.72 Å². The van der Waals surface area contributed by atoms with E-state index in [0.29, 0.717) is 11.6 Å². The van der Waals surface area contributed by atoms with E-state index in [9.17, 15) is 8.42 Å². The number of nitrogens with one attached hydrogen (secondary N) is 2. The predicted octanol–water partition coefficient (Wildman–Crippen LogP) is 4.33. The molecule has 3 heterocycles. The summed E-state index contributed by atoms with van der Waals surface area (Å²) in [6.45, 7) is 0.667. The molecule has 6 rings (SSSR count). The highest BCUT2D eigenvalue weighted by Gasteiger charge is 2.25. The molecule has 0 radical (unpaired) electrons. The zero-order chi connectivity index (χ0) is 25.4. The normalized spacial score (nSPS) is 12.1. The van der Waals surface area contributed by atoms with Crippen LogP contribution in [0.3, 0.4) is 0 Å². The molecule has 0 unspecified atom stereocenters. The molecule has 37 heavy (non-hydrogen) atoms. The zero-order valence-corrected chi connectivity index (χ0v) is 21.7. The molecule has 1 aliphatic carbocycles. The van der Waals surface area contributed by atoms with Gasteiger partial charge in [-0.3, -0.25) is 5.10 Å². The number of aromatic nitrogens is 5. The molecule has 0 fully saturated rings. The third kappa shape index (κ3) is 4.82. The average Bonchev–Trinajstić information content (AvgIpc) is 3.67. The number of aromatic amines is 1. The van der Waals surface area contributed by atoms with Gasteiger partial charge >= 0.3 is 0 Å². The molecule has 0 atom stereocenters. The molecular formula is C26H19ClN6O2S2. The molecule has 0 amide bonds. The number of sulfonamides is 1. The highest BCUT2D eigenvalue weighted by atomic mass is 35.5. The van der Waals surface area contributed by atoms with Crippen LogP contribution in [0.5, 0.6) is 0 Å². The molecule has 0 bridgehead atoms. The maximum atomic E-state index is 12.4. The van der Waals surface area contributed by atoms with E-state index in [1.807, 2.05) is 11.4 Å². The van der Waals surface area contributed by atoms with Gasteiger partial charge in [-0.1, -0.05) is 47.7 Å². The minimum atomic E-state index is -3.67. The molecule has 2 N–H and O–H groups in total. The Kier molecular flexibility index (Phi) is 6.14. The lowest BCUT2D eigenvalue weighted by molar-refractivity contribution is 0.586. The van der Waals surface area contributed by atoms with Crippen molar-refractivity contribution in [1.82, 2.24) is 29.7 Å². The van der Waals surface area contributed by atoms with Crippen molar-refractivity contribution < 1.29 is 8.42 Å². The quantitative estimate of drug-likeness (QED) is 0.302. The second-order valence-corrected chi connectivity index (χ2v) is 11.6. The summed E-state index contributed by atoms with van der Waals surface area (Å²) in [5, 5.41) is 14.4. The molecule has 5 aromatic rings. The van der Waals surface area contributed by atoms with Crippen molar-refractivity contribution in [3.63, 3.8) is 0 Å². The van der Waals surface area contributed by atoms with E-state index in [0.717, 1.165) is 28.2 Å². The van der Waals surface area contributed by atoms with Gasteiger partial charge in [0.2, 0.25) is 10.0 Å². The molecule has 8 nitrogen and oxygen atoms in total. The SMILES string of the molecule is O=S(=O)(NCC#Cc1cc(-c2n[nH]c3c2Cc2cc(Cn4cncn4)ccc2-3)cs1)c1cccc(Cl)c1. The maximum Gasteiger partial charge on any atom is 0.241 e. The summed E-state index contributed by atoms with van der Waals surface area (Å²) < 4.78 is 29.1. The van der Waals surface area contributed by atoms with Gasteiger partial charge in [0.05, 0.1) is 34.2 Å². The van der Waals surface area contributed by atoms with E-state index in [1.165, 1.54) is 52.1 Å². The predicted molar refractivity (Wildman–Crippen MR) is 143 cm³/mol. The Balaban J connectivity index is 1.15. The molecule has 0 saturated heterocycles. The Morgan fingerprint density at radius 2 is 2.11 bits per heavy atom. The fraction of sp³-hybridized carbons (Fsp3) is 0.115. The van der Waals surface area contributed by atoms with Gasteiger partial charge in [0, 0.05) is 33.5 Å². The van der Waals surface area contributed by atoms with Gasteiger partial charge in [0.1, 0.15) is 12.7 Å². The van der Waals surface area contributed by atoms with Gasteiger partial charge in [-0.15, -0.1) is 11.3 Å². The molecular weight excluding hydrogens is 528 g/mol.